The number of nitrogens with one attached hydrogen (secondary N) is 1. The summed E-state index contributed by atoms with van der Waals surface area (Å²) >= 11 is 1.65. The number of H-pyrrole nitrogens is 1. The zero-order chi connectivity index (χ0) is 12.3. The van der Waals surface area contributed by atoms with Crippen LogP contribution >= 0.6 is 11.3 Å². The van der Waals surface area contributed by atoms with E-state index in [9.17, 15) is 4.79 Å². The molecule has 4 nitrogen and oxygen atoms in total. The van der Waals surface area contributed by atoms with Gasteiger partial charge in [0.25, 0.3) is 5.56 Å². The molecule has 1 N–H and O–H groups in total. The zero-order valence-electron chi connectivity index (χ0n) is 9.82. The Labute approximate surface area is 103 Å². The molecule has 2 aromatic rings. The molecule has 90 valence electrons. The van der Waals surface area contributed by atoms with E-state index in [4.69, 9.17) is 4.74 Å². The number of hydrogen-bond acceptors (Lipinski definition) is 4. The second-order valence-electron chi connectivity index (χ2n) is 3.60. The Kier molecular flexibility index (Phi) is 3.71. The highest BCUT2D eigenvalue weighted by Crippen LogP contribution is 2.24. The number of thiophene rings is 1. The van der Waals surface area contributed by atoms with E-state index in [0.717, 1.165) is 10.4 Å². The van der Waals surface area contributed by atoms with Gasteiger partial charge in [-0.3, -0.25) is 4.79 Å². The smallest absolute Gasteiger partial charge is 0.251 e. The molecule has 0 amide bonds. The third-order valence-electron chi connectivity index (χ3n) is 2.37. The quantitative estimate of drug-likeness (QED) is 0.906. The van der Waals surface area contributed by atoms with Crippen LogP contribution in [0.3, 0.4) is 0 Å². The van der Waals surface area contributed by atoms with Crippen molar-refractivity contribution in [2.24, 2.45) is 0 Å². The highest BCUT2D eigenvalue weighted by Gasteiger charge is 2.07. The minimum Gasteiger partial charge on any atom is -0.374 e. The van der Waals surface area contributed by atoms with Crippen LogP contribution in [0.2, 0.25) is 0 Å². The first kappa shape index (κ1) is 12.0. The van der Waals surface area contributed by atoms with Crippen molar-refractivity contribution in [3.63, 3.8) is 0 Å². The SMILES string of the molecule is CCOCc1nc(-c2ccsc2C)cc(=O)[nH]1. The lowest BCUT2D eigenvalue weighted by Gasteiger charge is -2.04. The maximum Gasteiger partial charge on any atom is 0.251 e. The molecule has 5 heteroatoms. The van der Waals surface area contributed by atoms with Gasteiger partial charge in [0.15, 0.2) is 0 Å². The summed E-state index contributed by atoms with van der Waals surface area (Å²) in [7, 11) is 0. The first-order chi connectivity index (χ1) is 8.20. The van der Waals surface area contributed by atoms with Crippen LogP contribution in [0.25, 0.3) is 11.3 Å². The molecule has 0 fully saturated rings. The minimum atomic E-state index is -0.143. The van der Waals surface area contributed by atoms with Crippen LogP contribution in [-0.4, -0.2) is 16.6 Å². The molecule has 2 rings (SSSR count). The second-order valence-corrected chi connectivity index (χ2v) is 4.73. The van der Waals surface area contributed by atoms with Gasteiger partial charge in [-0.25, -0.2) is 4.98 Å². The molecule has 2 aromatic heterocycles. The minimum absolute atomic E-state index is 0.143. The van der Waals surface area contributed by atoms with Gasteiger partial charge in [-0.15, -0.1) is 11.3 Å². The summed E-state index contributed by atoms with van der Waals surface area (Å²) in [5, 5.41) is 2.00. The third-order valence-corrected chi connectivity index (χ3v) is 3.21. The normalized spacial score (nSPS) is 10.7. The fourth-order valence-corrected chi connectivity index (χ4v) is 2.27. The summed E-state index contributed by atoms with van der Waals surface area (Å²) < 4.78 is 5.25. The van der Waals surface area contributed by atoms with Crippen LogP contribution in [0.5, 0.6) is 0 Å². The predicted molar refractivity (Wildman–Crippen MR) is 68.2 cm³/mol. The highest BCUT2D eigenvalue weighted by molar-refractivity contribution is 7.10. The first-order valence-electron chi connectivity index (χ1n) is 5.43. The number of hydrogen-bond donors (Lipinski definition) is 1. The highest BCUT2D eigenvalue weighted by atomic mass is 32.1. The lowest BCUT2D eigenvalue weighted by molar-refractivity contribution is 0.128. The van der Waals surface area contributed by atoms with Crippen molar-refractivity contribution in [1.82, 2.24) is 9.97 Å². The molecule has 0 saturated carbocycles. The molecular weight excluding hydrogens is 236 g/mol. The van der Waals surface area contributed by atoms with Gasteiger partial charge in [0.05, 0.1) is 5.69 Å². The predicted octanol–water partition coefficient (Wildman–Crippen LogP) is 2.34. The zero-order valence-corrected chi connectivity index (χ0v) is 10.6. The molecule has 0 aliphatic carbocycles. The van der Waals surface area contributed by atoms with Crippen molar-refractivity contribution in [2.45, 2.75) is 20.5 Å². The topological polar surface area (TPSA) is 55.0 Å². The Balaban J connectivity index is 2.38. The van der Waals surface area contributed by atoms with Crippen molar-refractivity contribution >= 4 is 11.3 Å². The van der Waals surface area contributed by atoms with Crippen LogP contribution in [0, 0.1) is 6.92 Å². The average Bonchev–Trinajstić information content (AvgIpc) is 2.72. The summed E-state index contributed by atoms with van der Waals surface area (Å²) in [6.07, 6.45) is 0. The molecule has 0 bridgehead atoms. The van der Waals surface area contributed by atoms with E-state index in [0.29, 0.717) is 24.7 Å². The summed E-state index contributed by atoms with van der Waals surface area (Å²) in [6.45, 7) is 4.87. The van der Waals surface area contributed by atoms with Gasteiger partial charge in [-0.1, -0.05) is 0 Å². The number of ether oxygens (including phenoxy) is 1. The second kappa shape index (κ2) is 5.25. The van der Waals surface area contributed by atoms with E-state index in [2.05, 4.69) is 9.97 Å². The van der Waals surface area contributed by atoms with Crippen molar-refractivity contribution in [3.8, 4) is 11.3 Å². The van der Waals surface area contributed by atoms with Crippen molar-refractivity contribution in [1.29, 1.82) is 0 Å². The van der Waals surface area contributed by atoms with Gasteiger partial charge in [0.1, 0.15) is 12.4 Å². The van der Waals surface area contributed by atoms with E-state index < -0.39 is 0 Å². The van der Waals surface area contributed by atoms with Gasteiger partial charge in [-0.2, -0.15) is 0 Å². The lowest BCUT2D eigenvalue weighted by atomic mass is 10.2. The Morgan fingerprint density at radius 1 is 1.53 bits per heavy atom. The average molecular weight is 250 g/mol. The summed E-state index contributed by atoms with van der Waals surface area (Å²) in [5.74, 6) is 0.569. The van der Waals surface area contributed by atoms with Crippen LogP contribution < -0.4 is 5.56 Å². The van der Waals surface area contributed by atoms with Crippen LogP contribution in [0.4, 0.5) is 0 Å². The standard InChI is InChI=1S/C12H14N2O2S/c1-3-16-7-11-13-10(6-12(15)14-11)9-4-5-17-8(9)2/h4-6H,3,7H2,1-2H3,(H,13,14,15). The first-order valence-corrected chi connectivity index (χ1v) is 6.31. The van der Waals surface area contributed by atoms with E-state index in [1.54, 1.807) is 11.3 Å². The molecule has 0 unspecified atom stereocenters. The number of aromatic nitrogens is 2. The van der Waals surface area contributed by atoms with Crippen LogP contribution in [-0.2, 0) is 11.3 Å². The molecular formula is C12H14N2O2S. The number of aromatic amines is 1. The molecule has 0 aliphatic rings. The largest absolute Gasteiger partial charge is 0.374 e. The Morgan fingerprint density at radius 3 is 3.00 bits per heavy atom. The van der Waals surface area contributed by atoms with Crippen molar-refractivity contribution < 1.29 is 4.74 Å². The summed E-state index contributed by atoms with van der Waals surface area (Å²) in [6, 6.07) is 3.50. The molecule has 0 saturated heterocycles. The lowest BCUT2D eigenvalue weighted by Crippen LogP contribution is -2.12. The van der Waals surface area contributed by atoms with E-state index >= 15 is 0 Å². The molecule has 0 radical (unpaired) electrons. The number of rotatable bonds is 4. The van der Waals surface area contributed by atoms with Crippen molar-refractivity contribution in [2.75, 3.05) is 6.61 Å². The fraction of sp³-hybridized carbons (Fsp3) is 0.333. The maximum atomic E-state index is 11.5. The van der Waals surface area contributed by atoms with Gasteiger partial charge < -0.3 is 9.72 Å². The summed E-state index contributed by atoms with van der Waals surface area (Å²) in [5.41, 5.74) is 1.58. The number of aryl methyl sites for hydroxylation is 1. The summed E-state index contributed by atoms with van der Waals surface area (Å²) in [4.78, 5) is 19.8. The van der Waals surface area contributed by atoms with Crippen LogP contribution in [0.1, 0.15) is 17.6 Å². The molecule has 2 heterocycles. The van der Waals surface area contributed by atoms with E-state index in [-0.39, 0.29) is 5.56 Å². The maximum absolute atomic E-state index is 11.5. The molecule has 0 aliphatic heterocycles. The third kappa shape index (κ3) is 2.81. The van der Waals surface area contributed by atoms with Gasteiger partial charge in [0.2, 0.25) is 0 Å². The fourth-order valence-electron chi connectivity index (χ4n) is 1.56. The van der Waals surface area contributed by atoms with Gasteiger partial charge >= 0.3 is 0 Å². The van der Waals surface area contributed by atoms with Gasteiger partial charge in [-0.05, 0) is 25.3 Å². The van der Waals surface area contributed by atoms with Crippen LogP contribution in [0.15, 0.2) is 22.3 Å². The molecule has 0 aromatic carbocycles. The number of nitrogens with zero attached hydrogens (tertiary/aromatic N) is 1. The van der Waals surface area contributed by atoms with Crippen molar-refractivity contribution in [3.05, 3.63) is 38.6 Å². The van der Waals surface area contributed by atoms with Gasteiger partial charge in [0, 0.05) is 23.1 Å². The molecule has 17 heavy (non-hydrogen) atoms. The molecule has 0 atom stereocenters. The van der Waals surface area contributed by atoms with E-state index in [1.165, 1.54) is 6.07 Å². The van der Waals surface area contributed by atoms with E-state index in [1.807, 2.05) is 25.3 Å². The monoisotopic (exact) mass is 250 g/mol. The Bertz CT molecular complexity index is 560. The Morgan fingerprint density at radius 2 is 2.35 bits per heavy atom. The molecule has 0 spiro atoms. The Hall–Kier alpha value is -1.46.